The topological polar surface area (TPSA) is 31.9 Å². The van der Waals surface area contributed by atoms with E-state index in [1.807, 2.05) is 36.7 Å². The van der Waals surface area contributed by atoms with Gasteiger partial charge in [0.1, 0.15) is 5.82 Å². The van der Waals surface area contributed by atoms with Crippen LogP contribution in [0.1, 0.15) is 25.0 Å². The van der Waals surface area contributed by atoms with Crippen LogP contribution in [0.3, 0.4) is 0 Å². The standard InChI is InChI=1S/C22H24FN3.2ClH/c1-15-14-26(2)12-9-19(15)21-13-20(16-7-10-24-11-8-16)22(25-21)17-3-5-18(23)6-4-17;;/h3-8,10-11,13,15,19,25H,9,12,14H2,1-2H3;2*1H/t15-,19-;;/m0../s1. The molecule has 6 heteroatoms. The molecule has 150 valence electrons. The Morgan fingerprint density at radius 3 is 2.36 bits per heavy atom. The van der Waals surface area contributed by atoms with Gasteiger partial charge in [-0.1, -0.05) is 6.92 Å². The van der Waals surface area contributed by atoms with Crippen molar-refractivity contribution in [2.24, 2.45) is 5.92 Å². The first kappa shape index (κ1) is 22.4. The van der Waals surface area contributed by atoms with Crippen LogP contribution in [0.15, 0.2) is 54.9 Å². The van der Waals surface area contributed by atoms with Gasteiger partial charge in [-0.15, -0.1) is 24.8 Å². The molecular weight excluding hydrogens is 396 g/mol. The van der Waals surface area contributed by atoms with Crippen LogP contribution >= 0.6 is 24.8 Å². The number of aromatic nitrogens is 2. The molecule has 1 fully saturated rings. The molecule has 0 saturated carbocycles. The first-order valence-corrected chi connectivity index (χ1v) is 9.19. The summed E-state index contributed by atoms with van der Waals surface area (Å²) in [4.78, 5) is 10.2. The number of piperidine rings is 1. The molecule has 4 rings (SSSR count). The number of halogens is 3. The van der Waals surface area contributed by atoms with Crippen LogP contribution in [-0.2, 0) is 0 Å². The zero-order valence-corrected chi connectivity index (χ0v) is 17.7. The van der Waals surface area contributed by atoms with Gasteiger partial charge >= 0.3 is 0 Å². The number of pyridine rings is 1. The summed E-state index contributed by atoms with van der Waals surface area (Å²) in [6, 6.07) is 13.0. The van der Waals surface area contributed by atoms with Crippen LogP contribution in [0.4, 0.5) is 4.39 Å². The van der Waals surface area contributed by atoms with Gasteiger partial charge in [-0.05, 0) is 79.5 Å². The Morgan fingerprint density at radius 1 is 1.04 bits per heavy atom. The molecule has 2 aromatic heterocycles. The summed E-state index contributed by atoms with van der Waals surface area (Å²) in [6.07, 6.45) is 4.78. The molecule has 0 spiro atoms. The summed E-state index contributed by atoms with van der Waals surface area (Å²) in [5, 5.41) is 0. The maximum Gasteiger partial charge on any atom is 0.123 e. The van der Waals surface area contributed by atoms with Crippen molar-refractivity contribution < 1.29 is 4.39 Å². The number of likely N-dealkylation sites (tertiary alicyclic amines) is 1. The van der Waals surface area contributed by atoms with Crippen LogP contribution in [0.5, 0.6) is 0 Å². The highest BCUT2D eigenvalue weighted by atomic mass is 35.5. The van der Waals surface area contributed by atoms with Gasteiger partial charge in [0.2, 0.25) is 0 Å². The van der Waals surface area contributed by atoms with Crippen molar-refractivity contribution >= 4 is 24.8 Å². The zero-order chi connectivity index (χ0) is 18.1. The largest absolute Gasteiger partial charge is 0.358 e. The third-order valence-electron chi connectivity index (χ3n) is 5.47. The van der Waals surface area contributed by atoms with E-state index >= 15 is 0 Å². The lowest BCUT2D eigenvalue weighted by atomic mass is 9.84. The third-order valence-corrected chi connectivity index (χ3v) is 5.47. The minimum atomic E-state index is -0.213. The lowest BCUT2D eigenvalue weighted by Crippen LogP contribution is -2.35. The summed E-state index contributed by atoms with van der Waals surface area (Å²) in [7, 11) is 2.19. The minimum absolute atomic E-state index is 0. The molecule has 0 radical (unpaired) electrons. The Morgan fingerprint density at radius 2 is 1.71 bits per heavy atom. The molecule has 0 aliphatic carbocycles. The molecule has 1 N–H and O–H groups in total. The third kappa shape index (κ3) is 4.57. The summed E-state index contributed by atoms with van der Waals surface area (Å²) < 4.78 is 13.4. The number of hydrogen-bond acceptors (Lipinski definition) is 2. The number of nitrogens with zero attached hydrogens (tertiary/aromatic N) is 2. The minimum Gasteiger partial charge on any atom is -0.358 e. The van der Waals surface area contributed by atoms with E-state index in [0.29, 0.717) is 11.8 Å². The van der Waals surface area contributed by atoms with Gasteiger partial charge in [0.25, 0.3) is 0 Å². The molecule has 3 aromatic rings. The summed E-state index contributed by atoms with van der Waals surface area (Å²) >= 11 is 0. The first-order valence-electron chi connectivity index (χ1n) is 9.19. The van der Waals surface area contributed by atoms with Crippen LogP contribution in [0.25, 0.3) is 22.4 Å². The fourth-order valence-corrected chi connectivity index (χ4v) is 4.09. The molecule has 0 amide bonds. The summed E-state index contributed by atoms with van der Waals surface area (Å²) in [5.74, 6) is 0.898. The molecule has 28 heavy (non-hydrogen) atoms. The quantitative estimate of drug-likeness (QED) is 0.580. The predicted octanol–water partition coefficient (Wildman–Crippen LogP) is 5.78. The monoisotopic (exact) mass is 421 g/mol. The van der Waals surface area contributed by atoms with Crippen LogP contribution in [-0.4, -0.2) is 35.0 Å². The molecular formula is C22H26Cl2FN3. The smallest absolute Gasteiger partial charge is 0.123 e. The number of nitrogens with one attached hydrogen (secondary N) is 1. The molecule has 1 aliphatic rings. The SMILES string of the molecule is C[C@H]1CN(C)CC[C@@H]1c1cc(-c2ccncc2)c(-c2ccc(F)cc2)[nH]1.Cl.Cl. The fourth-order valence-electron chi connectivity index (χ4n) is 4.09. The molecule has 3 heterocycles. The normalized spacial score (nSPS) is 19.5. The lowest BCUT2D eigenvalue weighted by Gasteiger charge is -2.34. The van der Waals surface area contributed by atoms with E-state index in [1.54, 1.807) is 0 Å². The number of benzene rings is 1. The Hall–Kier alpha value is -1.88. The second kappa shape index (κ2) is 9.55. The molecule has 0 bridgehead atoms. The fraction of sp³-hybridized carbons (Fsp3) is 0.318. The van der Waals surface area contributed by atoms with Gasteiger partial charge in [-0.25, -0.2) is 4.39 Å². The van der Waals surface area contributed by atoms with Crippen molar-refractivity contribution in [2.75, 3.05) is 20.1 Å². The highest BCUT2D eigenvalue weighted by Gasteiger charge is 2.28. The van der Waals surface area contributed by atoms with E-state index in [4.69, 9.17) is 0 Å². The summed E-state index contributed by atoms with van der Waals surface area (Å²) in [6.45, 7) is 4.55. The van der Waals surface area contributed by atoms with E-state index in [2.05, 4.69) is 34.9 Å². The Balaban J connectivity index is 0.00000140. The van der Waals surface area contributed by atoms with E-state index in [-0.39, 0.29) is 30.6 Å². The highest BCUT2D eigenvalue weighted by Crippen LogP contribution is 2.38. The molecule has 3 nitrogen and oxygen atoms in total. The maximum atomic E-state index is 13.4. The van der Waals surface area contributed by atoms with Crippen LogP contribution in [0.2, 0.25) is 0 Å². The molecule has 0 unspecified atom stereocenters. The molecule has 2 atom stereocenters. The number of aromatic amines is 1. The zero-order valence-electron chi connectivity index (χ0n) is 16.1. The van der Waals surface area contributed by atoms with E-state index < -0.39 is 0 Å². The molecule has 1 saturated heterocycles. The second-order valence-electron chi connectivity index (χ2n) is 7.39. The van der Waals surface area contributed by atoms with Gasteiger partial charge in [0.15, 0.2) is 0 Å². The second-order valence-corrected chi connectivity index (χ2v) is 7.39. The highest BCUT2D eigenvalue weighted by molar-refractivity contribution is 5.85. The molecule has 1 aromatic carbocycles. The van der Waals surface area contributed by atoms with Gasteiger partial charge in [-0.2, -0.15) is 0 Å². The van der Waals surface area contributed by atoms with Gasteiger partial charge in [0.05, 0.1) is 5.69 Å². The Labute approximate surface area is 178 Å². The van der Waals surface area contributed by atoms with Crippen molar-refractivity contribution in [3.63, 3.8) is 0 Å². The van der Waals surface area contributed by atoms with Crippen LogP contribution < -0.4 is 0 Å². The van der Waals surface area contributed by atoms with Crippen molar-refractivity contribution in [2.45, 2.75) is 19.3 Å². The number of hydrogen-bond donors (Lipinski definition) is 1. The summed E-state index contributed by atoms with van der Waals surface area (Å²) in [5.41, 5.74) is 5.61. The lowest BCUT2D eigenvalue weighted by molar-refractivity contribution is 0.194. The van der Waals surface area contributed by atoms with Crippen molar-refractivity contribution in [1.82, 2.24) is 14.9 Å². The van der Waals surface area contributed by atoms with Crippen molar-refractivity contribution in [3.05, 3.63) is 66.4 Å². The van der Waals surface area contributed by atoms with Gasteiger partial charge < -0.3 is 9.88 Å². The van der Waals surface area contributed by atoms with Gasteiger partial charge in [-0.3, -0.25) is 4.98 Å². The maximum absolute atomic E-state index is 13.4. The van der Waals surface area contributed by atoms with Gasteiger partial charge in [0, 0.05) is 36.1 Å². The van der Waals surface area contributed by atoms with Crippen molar-refractivity contribution in [3.8, 4) is 22.4 Å². The average Bonchev–Trinajstić information content (AvgIpc) is 3.08. The Bertz CT molecular complexity index is 881. The van der Waals surface area contributed by atoms with Crippen molar-refractivity contribution in [1.29, 1.82) is 0 Å². The average molecular weight is 422 g/mol. The van der Waals surface area contributed by atoms with E-state index in [9.17, 15) is 4.39 Å². The number of rotatable bonds is 3. The first-order chi connectivity index (χ1) is 12.6. The van der Waals surface area contributed by atoms with E-state index in [0.717, 1.165) is 41.9 Å². The number of H-pyrrole nitrogens is 1. The molecule has 1 aliphatic heterocycles. The Kier molecular flexibility index (Phi) is 7.64. The van der Waals surface area contributed by atoms with E-state index in [1.165, 1.54) is 17.8 Å². The van der Waals surface area contributed by atoms with Crippen LogP contribution in [0, 0.1) is 11.7 Å². The predicted molar refractivity (Wildman–Crippen MR) is 118 cm³/mol.